The summed E-state index contributed by atoms with van der Waals surface area (Å²) in [6.45, 7) is 10.3. The lowest BCUT2D eigenvalue weighted by molar-refractivity contribution is -0.118. The number of carbonyl (C=O) groups is 1. The van der Waals surface area contributed by atoms with Gasteiger partial charge in [0.05, 0.1) is 10.7 Å². The Morgan fingerprint density at radius 1 is 1.27 bits per heavy atom. The van der Waals surface area contributed by atoms with E-state index in [1.807, 2.05) is 52.8 Å². The number of amides is 1. The van der Waals surface area contributed by atoms with Crippen LogP contribution in [0.2, 0.25) is 5.02 Å². The van der Waals surface area contributed by atoms with Gasteiger partial charge in [-0.2, -0.15) is 9.61 Å². The van der Waals surface area contributed by atoms with E-state index in [9.17, 15) is 4.79 Å². The molecule has 0 aliphatic heterocycles. The van der Waals surface area contributed by atoms with Crippen molar-refractivity contribution in [1.82, 2.24) is 9.61 Å². The predicted molar refractivity (Wildman–Crippen MR) is 105 cm³/mol. The summed E-state index contributed by atoms with van der Waals surface area (Å²) in [6, 6.07) is 5.93. The number of rotatable bonds is 5. The monoisotopic (exact) mass is 373 g/mol. The standard InChI is InChI=1S/C20H24ClN3O2/c1-6-16-19(23(8-3)17(25)7-2)20-24(22-16)18(13(5)26-20)14-10-9-12(4)11-15(14)21/h9-11H,6-8H2,1-5H3. The molecule has 0 N–H and O–H groups in total. The average molecular weight is 374 g/mol. The topological polar surface area (TPSA) is 50.8 Å². The third kappa shape index (κ3) is 2.90. The van der Waals surface area contributed by atoms with Gasteiger partial charge in [0, 0.05) is 18.5 Å². The number of fused-ring (bicyclic) bond motifs is 1. The molecule has 0 bridgehead atoms. The van der Waals surface area contributed by atoms with Crippen LogP contribution in [0.5, 0.6) is 0 Å². The molecule has 138 valence electrons. The minimum Gasteiger partial charge on any atom is -0.439 e. The number of aromatic nitrogens is 2. The molecule has 0 radical (unpaired) electrons. The molecule has 0 fully saturated rings. The Hall–Kier alpha value is -2.27. The third-order valence-corrected chi connectivity index (χ3v) is 4.90. The number of aryl methyl sites for hydroxylation is 3. The molecule has 0 saturated heterocycles. The second-order valence-corrected chi connectivity index (χ2v) is 6.75. The van der Waals surface area contributed by atoms with E-state index >= 15 is 0 Å². The summed E-state index contributed by atoms with van der Waals surface area (Å²) in [5.74, 6) is 0.781. The lowest BCUT2D eigenvalue weighted by Crippen LogP contribution is -2.30. The summed E-state index contributed by atoms with van der Waals surface area (Å²) in [7, 11) is 0. The molecule has 1 aromatic carbocycles. The number of halogens is 1. The predicted octanol–water partition coefficient (Wildman–Crippen LogP) is 5.19. The molecular weight excluding hydrogens is 350 g/mol. The summed E-state index contributed by atoms with van der Waals surface area (Å²) in [5.41, 5.74) is 4.99. The van der Waals surface area contributed by atoms with Crippen LogP contribution >= 0.6 is 11.6 Å². The minimum absolute atomic E-state index is 0.0565. The molecule has 0 aliphatic carbocycles. The highest BCUT2D eigenvalue weighted by molar-refractivity contribution is 6.33. The molecule has 1 amide bonds. The van der Waals surface area contributed by atoms with Crippen molar-refractivity contribution in [1.29, 1.82) is 0 Å². The largest absolute Gasteiger partial charge is 0.439 e. The van der Waals surface area contributed by atoms with Crippen molar-refractivity contribution in [2.24, 2.45) is 0 Å². The van der Waals surface area contributed by atoms with Crippen LogP contribution in [0, 0.1) is 13.8 Å². The molecule has 0 aliphatic rings. The van der Waals surface area contributed by atoms with Crippen LogP contribution in [0.3, 0.4) is 0 Å². The van der Waals surface area contributed by atoms with E-state index in [-0.39, 0.29) is 5.91 Å². The maximum Gasteiger partial charge on any atom is 0.247 e. The lowest BCUT2D eigenvalue weighted by Gasteiger charge is -2.19. The molecule has 6 heteroatoms. The van der Waals surface area contributed by atoms with Gasteiger partial charge in [-0.1, -0.05) is 37.6 Å². The fraction of sp³-hybridized carbons (Fsp3) is 0.400. The van der Waals surface area contributed by atoms with E-state index in [1.54, 1.807) is 9.42 Å². The van der Waals surface area contributed by atoms with Crippen molar-refractivity contribution in [3.8, 4) is 11.3 Å². The van der Waals surface area contributed by atoms with Crippen molar-refractivity contribution in [2.75, 3.05) is 11.4 Å². The molecule has 2 heterocycles. The number of carbonyl (C=O) groups excluding carboxylic acids is 1. The molecule has 0 saturated carbocycles. The quantitative estimate of drug-likeness (QED) is 0.618. The molecule has 2 aromatic heterocycles. The Morgan fingerprint density at radius 3 is 2.58 bits per heavy atom. The lowest BCUT2D eigenvalue weighted by atomic mass is 10.1. The Balaban J connectivity index is 2.29. The molecule has 0 atom stereocenters. The molecule has 0 spiro atoms. The van der Waals surface area contributed by atoms with E-state index < -0.39 is 0 Å². The van der Waals surface area contributed by atoms with Gasteiger partial charge < -0.3 is 9.32 Å². The fourth-order valence-electron chi connectivity index (χ4n) is 3.30. The second-order valence-electron chi connectivity index (χ2n) is 6.35. The van der Waals surface area contributed by atoms with E-state index in [2.05, 4.69) is 0 Å². The molecular formula is C20H24ClN3O2. The molecule has 5 nitrogen and oxygen atoms in total. The summed E-state index contributed by atoms with van der Waals surface area (Å²) in [4.78, 5) is 14.2. The number of hydrogen-bond acceptors (Lipinski definition) is 3. The Bertz CT molecular complexity index is 971. The zero-order valence-corrected chi connectivity index (χ0v) is 16.6. The van der Waals surface area contributed by atoms with Gasteiger partial charge in [0.1, 0.15) is 17.1 Å². The van der Waals surface area contributed by atoms with Crippen LogP contribution in [0.1, 0.15) is 44.2 Å². The van der Waals surface area contributed by atoms with Crippen LogP contribution in [0.15, 0.2) is 22.6 Å². The maximum absolute atomic E-state index is 12.4. The van der Waals surface area contributed by atoms with Crippen LogP contribution < -0.4 is 4.90 Å². The van der Waals surface area contributed by atoms with Crippen LogP contribution in [-0.2, 0) is 11.2 Å². The Morgan fingerprint density at radius 2 is 2.00 bits per heavy atom. The fourth-order valence-corrected chi connectivity index (χ4v) is 3.62. The molecule has 3 rings (SSSR count). The molecule has 26 heavy (non-hydrogen) atoms. The van der Waals surface area contributed by atoms with Gasteiger partial charge in [0.25, 0.3) is 0 Å². The first-order valence-corrected chi connectivity index (χ1v) is 9.38. The summed E-state index contributed by atoms with van der Waals surface area (Å²) >= 11 is 6.49. The normalized spacial score (nSPS) is 11.3. The number of anilines is 1. The van der Waals surface area contributed by atoms with Crippen molar-refractivity contribution in [2.45, 2.75) is 47.5 Å². The smallest absolute Gasteiger partial charge is 0.247 e. The van der Waals surface area contributed by atoms with E-state index in [4.69, 9.17) is 21.1 Å². The van der Waals surface area contributed by atoms with E-state index in [0.29, 0.717) is 30.1 Å². The second kappa shape index (κ2) is 7.16. The van der Waals surface area contributed by atoms with Gasteiger partial charge in [0.15, 0.2) is 0 Å². The Kier molecular flexibility index (Phi) is 5.10. The van der Waals surface area contributed by atoms with Gasteiger partial charge in [-0.3, -0.25) is 4.79 Å². The van der Waals surface area contributed by atoms with Crippen molar-refractivity contribution in [3.05, 3.63) is 40.2 Å². The number of benzene rings is 1. The highest BCUT2D eigenvalue weighted by Gasteiger charge is 2.27. The highest BCUT2D eigenvalue weighted by atomic mass is 35.5. The molecule has 3 aromatic rings. The molecule has 0 unspecified atom stereocenters. The van der Waals surface area contributed by atoms with Crippen molar-refractivity contribution < 1.29 is 9.21 Å². The first-order valence-electron chi connectivity index (χ1n) is 9.00. The summed E-state index contributed by atoms with van der Waals surface area (Å²) in [5, 5.41) is 5.40. The average Bonchev–Trinajstić information content (AvgIpc) is 3.11. The van der Waals surface area contributed by atoms with Crippen LogP contribution in [0.4, 0.5) is 5.69 Å². The van der Waals surface area contributed by atoms with Gasteiger partial charge in [-0.25, -0.2) is 0 Å². The third-order valence-electron chi connectivity index (χ3n) is 4.59. The van der Waals surface area contributed by atoms with E-state index in [1.165, 1.54) is 0 Å². The van der Waals surface area contributed by atoms with Gasteiger partial charge >= 0.3 is 0 Å². The summed E-state index contributed by atoms with van der Waals surface area (Å²) in [6.07, 6.45) is 1.14. The number of hydrogen-bond donors (Lipinski definition) is 0. The first kappa shape index (κ1) is 18.5. The van der Waals surface area contributed by atoms with Crippen LogP contribution in [-0.4, -0.2) is 22.1 Å². The number of nitrogens with zero attached hydrogens (tertiary/aromatic N) is 3. The SMILES string of the molecule is CCC(=O)N(CC)c1c(CC)nn2c(-c3ccc(C)cc3Cl)c(C)oc12. The van der Waals surface area contributed by atoms with Crippen molar-refractivity contribution >= 4 is 28.9 Å². The Labute approximate surface area is 158 Å². The van der Waals surface area contributed by atoms with E-state index in [0.717, 1.165) is 34.0 Å². The van der Waals surface area contributed by atoms with Gasteiger partial charge in [-0.15, -0.1) is 0 Å². The highest BCUT2D eigenvalue weighted by Crippen LogP contribution is 2.37. The van der Waals surface area contributed by atoms with Crippen molar-refractivity contribution in [3.63, 3.8) is 0 Å². The van der Waals surface area contributed by atoms with Crippen LogP contribution in [0.25, 0.3) is 17.0 Å². The van der Waals surface area contributed by atoms with Gasteiger partial charge in [0.2, 0.25) is 11.6 Å². The summed E-state index contributed by atoms with van der Waals surface area (Å²) < 4.78 is 7.86. The van der Waals surface area contributed by atoms with Gasteiger partial charge in [-0.05, 0) is 38.8 Å². The maximum atomic E-state index is 12.4. The zero-order chi connectivity index (χ0) is 19.0. The first-order chi connectivity index (χ1) is 12.4. The number of oxazole rings is 1. The zero-order valence-electron chi connectivity index (χ0n) is 15.9. The minimum atomic E-state index is 0.0565.